The molecule has 0 aromatic heterocycles. The molecule has 2 N–H and O–H groups in total. The fourth-order valence-corrected chi connectivity index (χ4v) is 4.13. The van der Waals surface area contributed by atoms with E-state index in [2.05, 4.69) is 10.0 Å². The fraction of sp³-hybridized carbons (Fsp3) is 0.136. The SMILES string of the molecule is COc1ccc(CNC(=O)c2ccccc2S(=O)(=O)Nc2ccccc2C)cc1. The van der Waals surface area contributed by atoms with E-state index in [0.29, 0.717) is 5.69 Å². The number of rotatable bonds is 7. The molecule has 0 fully saturated rings. The van der Waals surface area contributed by atoms with E-state index in [4.69, 9.17) is 4.74 Å². The lowest BCUT2D eigenvalue weighted by Crippen LogP contribution is -2.26. The molecule has 0 aliphatic rings. The van der Waals surface area contributed by atoms with Gasteiger partial charge in [0.15, 0.2) is 0 Å². The number of para-hydroxylation sites is 1. The molecule has 3 aromatic rings. The van der Waals surface area contributed by atoms with Gasteiger partial charge in [0.05, 0.1) is 18.4 Å². The number of anilines is 1. The van der Waals surface area contributed by atoms with Crippen LogP contribution in [-0.2, 0) is 16.6 Å². The van der Waals surface area contributed by atoms with Crippen molar-refractivity contribution < 1.29 is 17.9 Å². The highest BCUT2D eigenvalue weighted by molar-refractivity contribution is 7.92. The highest BCUT2D eigenvalue weighted by atomic mass is 32.2. The maximum Gasteiger partial charge on any atom is 0.262 e. The number of methoxy groups -OCH3 is 1. The largest absolute Gasteiger partial charge is 0.497 e. The average Bonchev–Trinajstić information content (AvgIpc) is 2.74. The van der Waals surface area contributed by atoms with Gasteiger partial charge in [0.25, 0.3) is 15.9 Å². The van der Waals surface area contributed by atoms with E-state index in [1.165, 1.54) is 12.1 Å². The summed E-state index contributed by atoms with van der Waals surface area (Å²) in [5.41, 5.74) is 2.22. The van der Waals surface area contributed by atoms with Gasteiger partial charge in [-0.1, -0.05) is 42.5 Å². The number of carbonyl (C=O) groups is 1. The summed E-state index contributed by atoms with van der Waals surface area (Å²) in [4.78, 5) is 12.6. The zero-order valence-electron chi connectivity index (χ0n) is 16.2. The van der Waals surface area contributed by atoms with Gasteiger partial charge in [-0.3, -0.25) is 9.52 Å². The summed E-state index contributed by atoms with van der Waals surface area (Å²) in [5, 5.41) is 2.77. The van der Waals surface area contributed by atoms with Crippen LogP contribution in [0.5, 0.6) is 5.75 Å². The Bertz CT molecular complexity index is 1110. The number of hydrogen-bond acceptors (Lipinski definition) is 4. The Balaban J connectivity index is 1.80. The first-order valence-electron chi connectivity index (χ1n) is 8.99. The number of hydrogen-bond donors (Lipinski definition) is 2. The lowest BCUT2D eigenvalue weighted by molar-refractivity contribution is 0.0947. The molecular formula is C22H22N2O4S. The quantitative estimate of drug-likeness (QED) is 0.622. The second-order valence-corrected chi connectivity index (χ2v) is 8.10. The lowest BCUT2D eigenvalue weighted by Gasteiger charge is -2.14. The predicted molar refractivity (Wildman–Crippen MR) is 113 cm³/mol. The van der Waals surface area contributed by atoms with E-state index in [1.54, 1.807) is 43.5 Å². The summed E-state index contributed by atoms with van der Waals surface area (Å²) in [6.45, 7) is 2.08. The molecule has 0 unspecified atom stereocenters. The molecule has 6 nitrogen and oxygen atoms in total. The highest BCUT2D eigenvalue weighted by Gasteiger charge is 2.22. The topological polar surface area (TPSA) is 84.5 Å². The van der Waals surface area contributed by atoms with Crippen molar-refractivity contribution in [2.45, 2.75) is 18.4 Å². The standard InChI is InChI=1S/C22H22N2O4S/c1-16-7-3-5-9-20(16)24-29(26,27)21-10-6-4-8-19(21)22(25)23-15-17-11-13-18(28-2)14-12-17/h3-14,24H,15H2,1-2H3,(H,23,25). The Morgan fingerprint density at radius 1 is 0.931 bits per heavy atom. The third kappa shape index (κ3) is 4.94. The second kappa shape index (κ2) is 8.79. The fourth-order valence-electron chi connectivity index (χ4n) is 2.80. The Morgan fingerprint density at radius 3 is 2.28 bits per heavy atom. The van der Waals surface area contributed by atoms with E-state index in [1.807, 2.05) is 31.2 Å². The molecule has 0 bridgehead atoms. The number of aryl methyl sites for hydroxylation is 1. The van der Waals surface area contributed by atoms with Crippen LogP contribution in [0.2, 0.25) is 0 Å². The Kier molecular flexibility index (Phi) is 6.19. The number of nitrogens with one attached hydrogen (secondary N) is 2. The normalized spacial score (nSPS) is 11.0. The summed E-state index contributed by atoms with van der Waals surface area (Å²) in [6, 6.07) is 20.5. The van der Waals surface area contributed by atoms with Gasteiger partial charge in [-0.25, -0.2) is 8.42 Å². The van der Waals surface area contributed by atoms with Crippen molar-refractivity contribution in [3.63, 3.8) is 0 Å². The van der Waals surface area contributed by atoms with Gasteiger partial charge >= 0.3 is 0 Å². The van der Waals surface area contributed by atoms with Gasteiger partial charge in [0, 0.05) is 6.54 Å². The first-order valence-corrected chi connectivity index (χ1v) is 10.5. The van der Waals surface area contributed by atoms with Crippen LogP contribution in [0.15, 0.2) is 77.7 Å². The number of benzene rings is 3. The lowest BCUT2D eigenvalue weighted by atomic mass is 10.2. The highest BCUT2D eigenvalue weighted by Crippen LogP contribution is 2.22. The summed E-state index contributed by atoms with van der Waals surface area (Å²) in [5.74, 6) is 0.255. The van der Waals surface area contributed by atoms with Gasteiger partial charge < -0.3 is 10.1 Å². The van der Waals surface area contributed by atoms with Crippen molar-refractivity contribution in [1.82, 2.24) is 5.32 Å². The molecule has 0 aliphatic heterocycles. The first kappa shape index (κ1) is 20.4. The summed E-state index contributed by atoms with van der Waals surface area (Å²) < 4.78 is 33.5. The molecule has 1 amide bonds. The van der Waals surface area contributed by atoms with Gasteiger partial charge in [-0.2, -0.15) is 0 Å². The van der Waals surface area contributed by atoms with Crippen LogP contribution >= 0.6 is 0 Å². The molecule has 0 aliphatic carbocycles. The molecule has 0 atom stereocenters. The molecule has 3 aromatic carbocycles. The van der Waals surface area contributed by atoms with Crippen LogP contribution in [-0.4, -0.2) is 21.4 Å². The van der Waals surface area contributed by atoms with Crippen LogP contribution in [0.4, 0.5) is 5.69 Å². The summed E-state index contributed by atoms with van der Waals surface area (Å²) in [7, 11) is -2.35. The third-order valence-corrected chi connectivity index (χ3v) is 5.85. The smallest absolute Gasteiger partial charge is 0.262 e. The van der Waals surface area contributed by atoms with Crippen molar-refractivity contribution in [3.8, 4) is 5.75 Å². The number of carbonyl (C=O) groups excluding carboxylic acids is 1. The minimum atomic E-state index is -3.93. The van der Waals surface area contributed by atoms with Crippen LogP contribution in [0.1, 0.15) is 21.5 Å². The monoisotopic (exact) mass is 410 g/mol. The van der Waals surface area contributed by atoms with E-state index in [9.17, 15) is 13.2 Å². The first-order chi connectivity index (χ1) is 13.9. The molecule has 0 saturated heterocycles. The van der Waals surface area contributed by atoms with E-state index < -0.39 is 15.9 Å². The Morgan fingerprint density at radius 2 is 1.59 bits per heavy atom. The van der Waals surface area contributed by atoms with Crippen molar-refractivity contribution in [2.75, 3.05) is 11.8 Å². The molecule has 7 heteroatoms. The number of sulfonamides is 1. The van der Waals surface area contributed by atoms with E-state index >= 15 is 0 Å². The number of ether oxygens (including phenoxy) is 1. The van der Waals surface area contributed by atoms with Crippen LogP contribution in [0.25, 0.3) is 0 Å². The van der Waals surface area contributed by atoms with Crippen molar-refractivity contribution in [1.29, 1.82) is 0 Å². The maximum absolute atomic E-state index is 12.9. The van der Waals surface area contributed by atoms with E-state index in [-0.39, 0.29) is 17.0 Å². The van der Waals surface area contributed by atoms with Crippen LogP contribution in [0, 0.1) is 6.92 Å². The number of amides is 1. The molecular weight excluding hydrogens is 388 g/mol. The molecule has 0 saturated carbocycles. The Hall–Kier alpha value is -3.32. The molecule has 150 valence electrons. The van der Waals surface area contributed by atoms with Crippen molar-refractivity contribution in [2.24, 2.45) is 0 Å². The molecule has 29 heavy (non-hydrogen) atoms. The van der Waals surface area contributed by atoms with Crippen molar-refractivity contribution >= 4 is 21.6 Å². The minimum Gasteiger partial charge on any atom is -0.497 e. The summed E-state index contributed by atoms with van der Waals surface area (Å²) >= 11 is 0. The predicted octanol–water partition coefficient (Wildman–Crippen LogP) is 3.73. The molecule has 0 heterocycles. The molecule has 0 spiro atoms. The zero-order chi connectivity index (χ0) is 20.9. The Labute approximate surface area is 170 Å². The molecule has 3 rings (SSSR count). The van der Waals surface area contributed by atoms with Crippen molar-refractivity contribution in [3.05, 3.63) is 89.5 Å². The third-order valence-electron chi connectivity index (χ3n) is 4.42. The second-order valence-electron chi connectivity index (χ2n) is 6.45. The summed E-state index contributed by atoms with van der Waals surface area (Å²) in [6.07, 6.45) is 0. The van der Waals surface area contributed by atoms with Gasteiger partial charge in [-0.05, 0) is 48.4 Å². The maximum atomic E-state index is 12.9. The molecule has 0 radical (unpaired) electrons. The van der Waals surface area contributed by atoms with Gasteiger partial charge in [0.1, 0.15) is 10.6 Å². The van der Waals surface area contributed by atoms with Gasteiger partial charge in [-0.15, -0.1) is 0 Å². The zero-order valence-corrected chi connectivity index (χ0v) is 17.0. The van der Waals surface area contributed by atoms with Gasteiger partial charge in [0.2, 0.25) is 0 Å². The van der Waals surface area contributed by atoms with Crippen LogP contribution in [0.3, 0.4) is 0 Å². The minimum absolute atomic E-state index is 0.0736. The van der Waals surface area contributed by atoms with Crippen LogP contribution < -0.4 is 14.8 Å². The van der Waals surface area contributed by atoms with E-state index in [0.717, 1.165) is 16.9 Å². The average molecular weight is 410 g/mol.